The van der Waals surface area contributed by atoms with Gasteiger partial charge in [-0.25, -0.2) is 0 Å². The zero-order valence-corrected chi connectivity index (χ0v) is 8.76. The Hall–Kier alpha value is -0.790. The van der Waals surface area contributed by atoms with Gasteiger partial charge in [0.15, 0.2) is 0 Å². The summed E-state index contributed by atoms with van der Waals surface area (Å²) in [5.74, 6) is 1.07. The van der Waals surface area contributed by atoms with Crippen molar-refractivity contribution in [1.82, 2.24) is 5.43 Å². The Bertz CT molecular complexity index is 167. The summed E-state index contributed by atoms with van der Waals surface area (Å²) in [6.45, 7) is 8.60. The van der Waals surface area contributed by atoms with Gasteiger partial charge in [-0.2, -0.15) is 5.10 Å². The highest BCUT2D eigenvalue weighted by molar-refractivity contribution is 5.96. The van der Waals surface area contributed by atoms with Crippen molar-refractivity contribution in [2.75, 3.05) is 7.05 Å². The van der Waals surface area contributed by atoms with Crippen LogP contribution in [0.25, 0.3) is 0 Å². The zero-order chi connectivity index (χ0) is 9.56. The lowest BCUT2D eigenvalue weighted by Crippen LogP contribution is -2.09. The second-order valence-corrected chi connectivity index (χ2v) is 3.52. The van der Waals surface area contributed by atoms with E-state index < -0.39 is 0 Å². The van der Waals surface area contributed by atoms with Gasteiger partial charge in [-0.05, 0) is 17.9 Å². The van der Waals surface area contributed by atoms with E-state index in [2.05, 4.69) is 50.4 Å². The second-order valence-electron chi connectivity index (χ2n) is 3.52. The Kier molecular flexibility index (Phi) is 5.43. The predicted molar refractivity (Wildman–Crippen MR) is 55.3 cm³/mol. The summed E-state index contributed by atoms with van der Waals surface area (Å²) in [6, 6.07) is 0. The zero-order valence-electron chi connectivity index (χ0n) is 8.76. The van der Waals surface area contributed by atoms with Crippen LogP contribution >= 0.6 is 0 Å². The smallest absolute Gasteiger partial charge is 0.0625 e. The van der Waals surface area contributed by atoms with Crippen LogP contribution in [0.15, 0.2) is 17.3 Å². The van der Waals surface area contributed by atoms with Crippen molar-refractivity contribution in [2.45, 2.75) is 27.7 Å². The Balaban J connectivity index is 4.24. The quantitative estimate of drug-likeness (QED) is 0.506. The molecule has 0 heterocycles. The molecule has 1 N–H and O–H groups in total. The molecule has 12 heavy (non-hydrogen) atoms. The van der Waals surface area contributed by atoms with E-state index in [9.17, 15) is 0 Å². The number of hydrogen-bond donors (Lipinski definition) is 1. The Labute approximate surface area is 75.7 Å². The standard InChI is InChI=1S/C10H20N2/c1-8(2)6-7-10(9(3)4)12-11-5/h6-9,11H,1-5H3/b7-6-,12-10+. The molecule has 0 aromatic rings. The van der Waals surface area contributed by atoms with Gasteiger partial charge in [0.25, 0.3) is 0 Å². The number of nitrogens with zero attached hydrogens (tertiary/aromatic N) is 1. The topological polar surface area (TPSA) is 24.4 Å². The molecule has 0 saturated carbocycles. The third-order valence-corrected chi connectivity index (χ3v) is 1.48. The molecule has 0 amide bonds. The molecule has 2 nitrogen and oxygen atoms in total. The first kappa shape index (κ1) is 11.2. The van der Waals surface area contributed by atoms with Crippen molar-refractivity contribution in [3.63, 3.8) is 0 Å². The van der Waals surface area contributed by atoms with Crippen molar-refractivity contribution < 1.29 is 0 Å². The normalized spacial score (nSPS) is 13.4. The third-order valence-electron chi connectivity index (χ3n) is 1.48. The molecule has 0 fully saturated rings. The second kappa shape index (κ2) is 5.81. The average molecular weight is 168 g/mol. The van der Waals surface area contributed by atoms with Crippen molar-refractivity contribution in [3.05, 3.63) is 12.2 Å². The van der Waals surface area contributed by atoms with E-state index in [0.717, 1.165) is 5.71 Å². The van der Waals surface area contributed by atoms with E-state index >= 15 is 0 Å². The number of nitrogens with one attached hydrogen (secondary N) is 1. The maximum absolute atomic E-state index is 4.18. The van der Waals surface area contributed by atoms with Crippen molar-refractivity contribution in [3.8, 4) is 0 Å². The summed E-state index contributed by atoms with van der Waals surface area (Å²) >= 11 is 0. The molecule has 0 radical (unpaired) electrons. The van der Waals surface area contributed by atoms with E-state index in [1.165, 1.54) is 0 Å². The molecule has 0 atom stereocenters. The van der Waals surface area contributed by atoms with Gasteiger partial charge in [0.05, 0.1) is 5.71 Å². The van der Waals surface area contributed by atoms with Crippen LogP contribution in [-0.4, -0.2) is 12.8 Å². The molecule has 0 aliphatic heterocycles. The molecule has 0 unspecified atom stereocenters. The van der Waals surface area contributed by atoms with Gasteiger partial charge < -0.3 is 5.43 Å². The summed E-state index contributed by atoms with van der Waals surface area (Å²) in [7, 11) is 1.82. The van der Waals surface area contributed by atoms with Crippen LogP contribution < -0.4 is 5.43 Å². The number of hydrazone groups is 1. The van der Waals surface area contributed by atoms with E-state index in [1.807, 2.05) is 7.05 Å². The van der Waals surface area contributed by atoms with Gasteiger partial charge in [-0.3, -0.25) is 0 Å². The average Bonchev–Trinajstić information content (AvgIpc) is 1.96. The fraction of sp³-hybridized carbons (Fsp3) is 0.700. The van der Waals surface area contributed by atoms with Crippen LogP contribution in [0, 0.1) is 11.8 Å². The first-order valence-corrected chi connectivity index (χ1v) is 4.50. The van der Waals surface area contributed by atoms with E-state index in [-0.39, 0.29) is 0 Å². The van der Waals surface area contributed by atoms with Gasteiger partial charge in [-0.1, -0.05) is 33.8 Å². The minimum Gasteiger partial charge on any atom is -0.313 e. The Morgan fingerprint density at radius 2 is 1.83 bits per heavy atom. The van der Waals surface area contributed by atoms with Crippen LogP contribution in [-0.2, 0) is 0 Å². The molecule has 0 rings (SSSR count). The molecule has 2 heteroatoms. The lowest BCUT2D eigenvalue weighted by Gasteiger charge is -2.04. The highest BCUT2D eigenvalue weighted by Crippen LogP contribution is 2.01. The third kappa shape index (κ3) is 4.94. The summed E-state index contributed by atoms with van der Waals surface area (Å²) in [4.78, 5) is 0. The van der Waals surface area contributed by atoms with E-state index in [4.69, 9.17) is 0 Å². The van der Waals surface area contributed by atoms with Gasteiger partial charge in [0, 0.05) is 7.05 Å². The van der Waals surface area contributed by atoms with Gasteiger partial charge in [-0.15, -0.1) is 0 Å². The number of allylic oxidation sites excluding steroid dienone is 2. The molecule has 0 spiro atoms. The van der Waals surface area contributed by atoms with Crippen molar-refractivity contribution in [2.24, 2.45) is 16.9 Å². The number of hydrogen-bond acceptors (Lipinski definition) is 2. The maximum atomic E-state index is 4.18. The highest BCUT2D eigenvalue weighted by atomic mass is 15.3. The first-order valence-electron chi connectivity index (χ1n) is 4.50. The molecular formula is C10H20N2. The Morgan fingerprint density at radius 1 is 1.25 bits per heavy atom. The van der Waals surface area contributed by atoms with E-state index in [0.29, 0.717) is 11.8 Å². The SMILES string of the molecule is CN/N=C(\C=C/C(C)C)C(C)C. The molecule has 0 saturated heterocycles. The molecular weight excluding hydrogens is 148 g/mol. The molecule has 0 bridgehead atoms. The molecule has 70 valence electrons. The van der Waals surface area contributed by atoms with Crippen LogP contribution in [0.1, 0.15) is 27.7 Å². The molecule has 0 aliphatic rings. The summed E-state index contributed by atoms with van der Waals surface area (Å²) in [5, 5.41) is 4.18. The summed E-state index contributed by atoms with van der Waals surface area (Å²) in [5.41, 5.74) is 3.91. The first-order chi connectivity index (χ1) is 5.57. The van der Waals surface area contributed by atoms with Crippen molar-refractivity contribution in [1.29, 1.82) is 0 Å². The van der Waals surface area contributed by atoms with Gasteiger partial charge >= 0.3 is 0 Å². The summed E-state index contributed by atoms with van der Waals surface area (Å²) in [6.07, 6.45) is 4.25. The lowest BCUT2D eigenvalue weighted by molar-refractivity contribution is 0.816. The predicted octanol–water partition coefficient (Wildman–Crippen LogP) is 2.43. The van der Waals surface area contributed by atoms with E-state index in [1.54, 1.807) is 0 Å². The van der Waals surface area contributed by atoms with Crippen LogP contribution in [0.2, 0.25) is 0 Å². The minimum atomic E-state index is 0.479. The highest BCUT2D eigenvalue weighted by Gasteiger charge is 2.00. The van der Waals surface area contributed by atoms with Crippen LogP contribution in [0.4, 0.5) is 0 Å². The molecule has 0 aromatic carbocycles. The lowest BCUT2D eigenvalue weighted by atomic mass is 10.1. The van der Waals surface area contributed by atoms with Crippen LogP contribution in [0.3, 0.4) is 0 Å². The molecule has 0 aromatic heterocycles. The Morgan fingerprint density at radius 3 is 2.17 bits per heavy atom. The van der Waals surface area contributed by atoms with Gasteiger partial charge in [0.2, 0.25) is 0 Å². The fourth-order valence-corrected chi connectivity index (χ4v) is 0.779. The summed E-state index contributed by atoms with van der Waals surface area (Å²) < 4.78 is 0. The largest absolute Gasteiger partial charge is 0.313 e. The minimum absolute atomic E-state index is 0.479. The van der Waals surface area contributed by atoms with Crippen molar-refractivity contribution >= 4 is 5.71 Å². The maximum Gasteiger partial charge on any atom is 0.0625 e. The number of rotatable bonds is 4. The van der Waals surface area contributed by atoms with Gasteiger partial charge in [0.1, 0.15) is 0 Å². The fourth-order valence-electron chi connectivity index (χ4n) is 0.779. The van der Waals surface area contributed by atoms with Crippen LogP contribution in [0.5, 0.6) is 0 Å². The molecule has 0 aliphatic carbocycles. The monoisotopic (exact) mass is 168 g/mol.